The number of rotatable bonds is 5. The molecule has 10 heteroatoms. The second kappa shape index (κ2) is 8.15. The Kier molecular flexibility index (Phi) is 6.18. The molecule has 1 saturated carbocycles. The molecule has 138 valence electrons. The third-order valence-corrected chi connectivity index (χ3v) is 3.79. The summed E-state index contributed by atoms with van der Waals surface area (Å²) in [5.41, 5.74) is -0.196. The Morgan fingerprint density at radius 2 is 2.04 bits per heavy atom. The number of halogens is 3. The Labute approximate surface area is 141 Å². The number of nitro groups is 1. The van der Waals surface area contributed by atoms with E-state index in [1.165, 1.54) is 18.2 Å². The van der Waals surface area contributed by atoms with Crippen molar-refractivity contribution in [1.29, 1.82) is 0 Å². The molecule has 2 atom stereocenters. The molecule has 2 rings (SSSR count). The minimum absolute atomic E-state index is 0.0469. The zero-order valence-corrected chi connectivity index (χ0v) is 13.2. The van der Waals surface area contributed by atoms with Crippen molar-refractivity contribution in [3.05, 3.63) is 34.4 Å². The van der Waals surface area contributed by atoms with Crippen molar-refractivity contribution in [2.24, 2.45) is 0 Å². The number of amides is 2. The molecular formula is C15H18F3N3O4. The average molecular weight is 361 g/mol. The molecule has 1 fully saturated rings. The van der Waals surface area contributed by atoms with Crippen molar-refractivity contribution in [2.45, 2.75) is 44.0 Å². The van der Waals surface area contributed by atoms with Gasteiger partial charge in [0, 0.05) is 12.1 Å². The number of anilines is 1. The highest BCUT2D eigenvalue weighted by Gasteiger charge is 2.31. The van der Waals surface area contributed by atoms with E-state index in [1.807, 2.05) is 0 Å². The maximum absolute atomic E-state index is 12.2. The third-order valence-electron chi connectivity index (χ3n) is 3.79. The van der Waals surface area contributed by atoms with Crippen LogP contribution >= 0.6 is 0 Å². The van der Waals surface area contributed by atoms with Gasteiger partial charge in [-0.05, 0) is 31.7 Å². The molecular weight excluding hydrogens is 343 g/mol. The highest BCUT2D eigenvalue weighted by atomic mass is 19.4. The summed E-state index contributed by atoms with van der Waals surface area (Å²) in [4.78, 5) is 22.3. The number of urea groups is 1. The van der Waals surface area contributed by atoms with Gasteiger partial charge < -0.3 is 15.4 Å². The van der Waals surface area contributed by atoms with Gasteiger partial charge in [0.15, 0.2) is 0 Å². The number of para-hydroxylation sites is 2. The Balaban J connectivity index is 1.87. The SMILES string of the molecule is O=C(Nc1ccccc1[N+](=O)[O-])N[C@@H]1CCC[C@H](OCC(F)(F)F)C1. The number of nitrogens with one attached hydrogen (secondary N) is 2. The van der Waals surface area contributed by atoms with Crippen LogP contribution in [0.4, 0.5) is 29.3 Å². The summed E-state index contributed by atoms with van der Waals surface area (Å²) in [5.74, 6) is 0. The molecule has 7 nitrogen and oxygen atoms in total. The van der Waals surface area contributed by atoms with E-state index >= 15 is 0 Å². The standard InChI is InChI=1S/C15H18F3N3O4/c16-15(17,18)9-25-11-5-3-4-10(8-11)19-14(22)20-12-6-1-2-7-13(12)21(23)24/h1-2,6-7,10-11H,3-5,8-9H2,(H2,19,20,22)/t10-,11+/m1/s1. The number of benzene rings is 1. The van der Waals surface area contributed by atoms with Crippen LogP contribution in [-0.2, 0) is 4.74 Å². The lowest BCUT2D eigenvalue weighted by Gasteiger charge is -2.30. The Morgan fingerprint density at radius 1 is 1.32 bits per heavy atom. The molecule has 1 aliphatic rings. The first-order valence-electron chi connectivity index (χ1n) is 7.74. The predicted molar refractivity (Wildman–Crippen MR) is 83.3 cm³/mol. The normalized spacial score (nSPS) is 20.8. The second-order valence-electron chi connectivity index (χ2n) is 5.78. The second-order valence-corrected chi connectivity index (χ2v) is 5.78. The smallest absolute Gasteiger partial charge is 0.369 e. The van der Waals surface area contributed by atoms with Crippen LogP contribution in [0.2, 0.25) is 0 Å². The van der Waals surface area contributed by atoms with Crippen molar-refractivity contribution in [3.8, 4) is 0 Å². The predicted octanol–water partition coefficient (Wildman–Crippen LogP) is 3.61. The van der Waals surface area contributed by atoms with Crippen LogP contribution in [0, 0.1) is 10.1 Å². The fourth-order valence-corrected chi connectivity index (χ4v) is 2.72. The van der Waals surface area contributed by atoms with Gasteiger partial charge in [-0.25, -0.2) is 4.79 Å². The molecule has 1 aromatic carbocycles. The Hall–Kier alpha value is -2.36. The molecule has 0 aromatic heterocycles. The number of nitro benzene ring substituents is 1. The summed E-state index contributed by atoms with van der Waals surface area (Å²) in [6.45, 7) is -1.31. The Bertz CT molecular complexity index is 624. The molecule has 1 aromatic rings. The fourth-order valence-electron chi connectivity index (χ4n) is 2.72. The molecule has 25 heavy (non-hydrogen) atoms. The minimum atomic E-state index is -4.38. The van der Waals surface area contributed by atoms with Gasteiger partial charge in [0.25, 0.3) is 5.69 Å². The quantitative estimate of drug-likeness (QED) is 0.619. The number of hydrogen-bond donors (Lipinski definition) is 2. The highest BCUT2D eigenvalue weighted by molar-refractivity contribution is 5.91. The van der Waals surface area contributed by atoms with Gasteiger partial charge in [-0.15, -0.1) is 0 Å². The molecule has 1 aliphatic carbocycles. The molecule has 0 aliphatic heterocycles. The number of alkyl halides is 3. The first-order chi connectivity index (χ1) is 11.7. The largest absolute Gasteiger partial charge is 0.411 e. The first kappa shape index (κ1) is 19.0. The van der Waals surface area contributed by atoms with Crippen molar-refractivity contribution in [3.63, 3.8) is 0 Å². The zero-order chi connectivity index (χ0) is 18.4. The van der Waals surface area contributed by atoms with Gasteiger partial charge in [0.1, 0.15) is 12.3 Å². The molecule has 0 bridgehead atoms. The van der Waals surface area contributed by atoms with Crippen LogP contribution in [0.3, 0.4) is 0 Å². The lowest BCUT2D eigenvalue weighted by Crippen LogP contribution is -2.43. The van der Waals surface area contributed by atoms with E-state index < -0.39 is 29.8 Å². The van der Waals surface area contributed by atoms with Gasteiger partial charge in [-0.1, -0.05) is 12.1 Å². The summed E-state index contributed by atoms with van der Waals surface area (Å²) in [6.07, 6.45) is -2.97. The summed E-state index contributed by atoms with van der Waals surface area (Å²) < 4.78 is 41.5. The van der Waals surface area contributed by atoms with E-state index in [-0.39, 0.29) is 23.8 Å². The van der Waals surface area contributed by atoms with Crippen LogP contribution in [0.5, 0.6) is 0 Å². The van der Waals surface area contributed by atoms with Gasteiger partial charge in [0.2, 0.25) is 0 Å². The van der Waals surface area contributed by atoms with Crippen molar-refractivity contribution >= 4 is 17.4 Å². The van der Waals surface area contributed by atoms with Crippen molar-refractivity contribution in [1.82, 2.24) is 5.32 Å². The van der Waals surface area contributed by atoms with Crippen LogP contribution in [0.25, 0.3) is 0 Å². The molecule has 2 amide bonds. The minimum Gasteiger partial charge on any atom is -0.369 e. The van der Waals surface area contributed by atoms with Crippen molar-refractivity contribution in [2.75, 3.05) is 11.9 Å². The van der Waals surface area contributed by atoms with E-state index in [1.54, 1.807) is 6.07 Å². The molecule has 0 heterocycles. The first-order valence-corrected chi connectivity index (χ1v) is 7.74. The lowest BCUT2D eigenvalue weighted by atomic mass is 9.93. The van der Waals surface area contributed by atoms with Crippen molar-refractivity contribution < 1.29 is 27.6 Å². The number of hydrogen-bond acceptors (Lipinski definition) is 4. The molecule has 0 unspecified atom stereocenters. The number of ether oxygens (including phenoxy) is 1. The monoisotopic (exact) mass is 361 g/mol. The van der Waals surface area contributed by atoms with Crippen LogP contribution < -0.4 is 10.6 Å². The summed E-state index contributed by atoms with van der Waals surface area (Å²) in [6, 6.07) is 4.69. The molecule has 2 N–H and O–H groups in total. The number of carbonyl (C=O) groups excluding carboxylic acids is 1. The summed E-state index contributed by atoms with van der Waals surface area (Å²) in [7, 11) is 0. The van der Waals surface area contributed by atoms with Gasteiger partial charge in [-0.3, -0.25) is 10.1 Å². The number of nitrogens with zero attached hydrogens (tertiary/aromatic N) is 1. The van der Waals surface area contributed by atoms with Crippen LogP contribution in [0.1, 0.15) is 25.7 Å². The van der Waals surface area contributed by atoms with E-state index in [9.17, 15) is 28.1 Å². The van der Waals surface area contributed by atoms with E-state index in [2.05, 4.69) is 10.6 Å². The fraction of sp³-hybridized carbons (Fsp3) is 0.533. The maximum atomic E-state index is 12.2. The molecule has 0 saturated heterocycles. The molecule has 0 radical (unpaired) electrons. The van der Waals surface area contributed by atoms with Crippen LogP contribution in [-0.4, -0.2) is 35.9 Å². The summed E-state index contributed by atoms with van der Waals surface area (Å²) in [5, 5.41) is 15.9. The van der Waals surface area contributed by atoms with E-state index in [4.69, 9.17) is 4.74 Å². The summed E-state index contributed by atoms with van der Waals surface area (Å²) >= 11 is 0. The topological polar surface area (TPSA) is 93.5 Å². The van der Waals surface area contributed by atoms with Gasteiger partial charge in [0.05, 0.1) is 11.0 Å². The number of carbonyl (C=O) groups is 1. The molecule has 0 spiro atoms. The zero-order valence-electron chi connectivity index (χ0n) is 13.2. The third kappa shape index (κ3) is 6.22. The van der Waals surface area contributed by atoms with Crippen LogP contribution in [0.15, 0.2) is 24.3 Å². The highest BCUT2D eigenvalue weighted by Crippen LogP contribution is 2.25. The Morgan fingerprint density at radius 3 is 2.72 bits per heavy atom. The van der Waals surface area contributed by atoms with E-state index in [0.29, 0.717) is 19.3 Å². The average Bonchev–Trinajstić information content (AvgIpc) is 2.53. The van der Waals surface area contributed by atoms with E-state index in [0.717, 1.165) is 0 Å². The lowest BCUT2D eigenvalue weighted by molar-refractivity contribution is -0.383. The van der Waals surface area contributed by atoms with Gasteiger partial charge >= 0.3 is 12.2 Å². The van der Waals surface area contributed by atoms with Gasteiger partial charge in [-0.2, -0.15) is 13.2 Å². The maximum Gasteiger partial charge on any atom is 0.411 e.